The van der Waals surface area contributed by atoms with E-state index in [4.69, 9.17) is 0 Å². The average molecular weight is 401 g/mol. The number of carbonyl (C=O) groups excluding carboxylic acids is 1. The number of benzene rings is 2. The number of rotatable bonds is 6. The van der Waals surface area contributed by atoms with Crippen LogP contribution in [0.1, 0.15) is 16.7 Å². The lowest BCUT2D eigenvalue weighted by Crippen LogP contribution is -2.15. The van der Waals surface area contributed by atoms with Crippen molar-refractivity contribution in [3.05, 3.63) is 76.7 Å². The molecule has 0 saturated heterocycles. The molecule has 7 heteroatoms. The van der Waals surface area contributed by atoms with Crippen molar-refractivity contribution >= 4 is 38.6 Å². The van der Waals surface area contributed by atoms with Gasteiger partial charge in [0.15, 0.2) is 0 Å². The smallest absolute Gasteiger partial charge is 0.271 e. The van der Waals surface area contributed by atoms with Gasteiger partial charge in [0.05, 0.1) is 6.42 Å². The lowest BCUT2D eigenvalue weighted by Gasteiger charge is -2.10. The molecule has 0 radical (unpaired) electrons. The van der Waals surface area contributed by atoms with Gasteiger partial charge in [-0.05, 0) is 60.2 Å². The van der Waals surface area contributed by atoms with Crippen molar-refractivity contribution in [2.24, 2.45) is 0 Å². The summed E-state index contributed by atoms with van der Waals surface area (Å²) in [4.78, 5) is 12.3. The van der Waals surface area contributed by atoms with E-state index in [0.29, 0.717) is 5.69 Å². The van der Waals surface area contributed by atoms with Crippen LogP contribution in [0.5, 0.6) is 0 Å². The summed E-state index contributed by atoms with van der Waals surface area (Å²) < 4.78 is 27.2. The van der Waals surface area contributed by atoms with Crippen LogP contribution in [0.25, 0.3) is 0 Å². The second kappa shape index (κ2) is 7.94. The van der Waals surface area contributed by atoms with Gasteiger partial charge in [-0.3, -0.25) is 9.52 Å². The van der Waals surface area contributed by atoms with Gasteiger partial charge in [-0.25, -0.2) is 8.42 Å². The van der Waals surface area contributed by atoms with Gasteiger partial charge in [-0.1, -0.05) is 30.3 Å². The molecule has 0 bridgehead atoms. The largest absolute Gasteiger partial charge is 0.326 e. The molecule has 3 aromatic rings. The van der Waals surface area contributed by atoms with Crippen LogP contribution >= 0.6 is 11.3 Å². The Morgan fingerprint density at radius 1 is 1.04 bits per heavy atom. The van der Waals surface area contributed by atoms with Gasteiger partial charge in [0.25, 0.3) is 10.0 Å². The van der Waals surface area contributed by atoms with Crippen LogP contribution in [0.4, 0.5) is 11.4 Å². The Morgan fingerprint density at radius 3 is 2.44 bits per heavy atom. The monoisotopic (exact) mass is 400 g/mol. The highest BCUT2D eigenvalue weighted by atomic mass is 32.2. The lowest BCUT2D eigenvalue weighted by molar-refractivity contribution is -0.115. The fourth-order valence-corrected chi connectivity index (χ4v) is 4.61. The number of sulfonamides is 1. The number of amides is 1. The molecule has 27 heavy (non-hydrogen) atoms. The molecule has 0 aliphatic heterocycles. The van der Waals surface area contributed by atoms with E-state index in [2.05, 4.69) is 10.0 Å². The lowest BCUT2D eigenvalue weighted by atomic mass is 10.1. The number of aryl methyl sites for hydroxylation is 2. The summed E-state index contributed by atoms with van der Waals surface area (Å²) in [6, 6.07) is 16.0. The van der Waals surface area contributed by atoms with E-state index in [0.717, 1.165) is 33.7 Å². The maximum Gasteiger partial charge on any atom is 0.271 e. The molecule has 0 atom stereocenters. The molecule has 0 unspecified atom stereocenters. The molecule has 0 saturated carbocycles. The summed E-state index contributed by atoms with van der Waals surface area (Å²) in [6.45, 7) is 3.93. The Balaban J connectivity index is 1.64. The minimum absolute atomic E-state index is 0.115. The Bertz CT molecular complexity index is 1040. The topological polar surface area (TPSA) is 75.3 Å². The molecule has 1 heterocycles. The highest BCUT2D eigenvalue weighted by Crippen LogP contribution is 2.21. The molecular weight excluding hydrogens is 380 g/mol. The Kier molecular flexibility index (Phi) is 5.62. The van der Waals surface area contributed by atoms with Crippen molar-refractivity contribution in [2.45, 2.75) is 24.5 Å². The third kappa shape index (κ3) is 4.96. The molecule has 1 amide bonds. The Morgan fingerprint density at radius 2 is 1.78 bits per heavy atom. The molecule has 0 spiro atoms. The third-order valence-electron chi connectivity index (χ3n) is 4.00. The second-order valence-corrected chi connectivity index (χ2v) is 9.13. The van der Waals surface area contributed by atoms with Gasteiger partial charge in [0.2, 0.25) is 5.91 Å². The molecule has 2 N–H and O–H groups in total. The summed E-state index contributed by atoms with van der Waals surface area (Å²) in [5, 5.41) is 4.64. The number of anilines is 2. The molecular formula is C20H20N2O3S2. The number of thiophene rings is 1. The van der Waals surface area contributed by atoms with Crippen molar-refractivity contribution in [1.29, 1.82) is 0 Å². The zero-order chi connectivity index (χ0) is 19.4. The van der Waals surface area contributed by atoms with Crippen LogP contribution in [0, 0.1) is 13.8 Å². The molecule has 3 rings (SSSR count). The first kappa shape index (κ1) is 19.1. The van der Waals surface area contributed by atoms with Crippen molar-refractivity contribution < 1.29 is 13.2 Å². The second-order valence-electron chi connectivity index (χ2n) is 6.28. The number of hydrogen-bond acceptors (Lipinski definition) is 4. The van der Waals surface area contributed by atoms with Crippen molar-refractivity contribution in [3.8, 4) is 0 Å². The predicted octanol–water partition coefficient (Wildman–Crippen LogP) is 4.35. The quantitative estimate of drug-likeness (QED) is 0.646. The minimum Gasteiger partial charge on any atom is -0.326 e. The highest BCUT2D eigenvalue weighted by molar-refractivity contribution is 7.94. The molecule has 0 fully saturated rings. The molecule has 140 valence electrons. The standard InChI is InChI=1S/C20H20N2O3S2/c1-14-5-6-15(2)18(12-14)21-19(23)13-16-7-9-17(10-8-16)22-27(24,25)20-4-3-11-26-20/h3-12,22H,13H2,1-2H3,(H,21,23). The van der Waals surface area contributed by atoms with E-state index in [1.807, 2.05) is 32.0 Å². The predicted molar refractivity (Wildman–Crippen MR) is 110 cm³/mol. The first-order valence-electron chi connectivity index (χ1n) is 8.36. The average Bonchev–Trinajstić information content (AvgIpc) is 3.15. The minimum atomic E-state index is -3.57. The van der Waals surface area contributed by atoms with Gasteiger partial charge in [-0.15, -0.1) is 11.3 Å². The summed E-state index contributed by atoms with van der Waals surface area (Å²) in [6.07, 6.45) is 0.214. The van der Waals surface area contributed by atoms with E-state index < -0.39 is 10.0 Å². The first-order valence-corrected chi connectivity index (χ1v) is 10.7. The van der Waals surface area contributed by atoms with Crippen LogP contribution < -0.4 is 10.0 Å². The van der Waals surface area contributed by atoms with Gasteiger partial charge < -0.3 is 5.32 Å². The normalized spacial score (nSPS) is 11.2. The number of carbonyl (C=O) groups is 1. The van der Waals surface area contributed by atoms with Gasteiger partial charge in [-0.2, -0.15) is 0 Å². The summed E-state index contributed by atoms with van der Waals surface area (Å²) in [5.41, 5.74) is 4.16. The van der Waals surface area contributed by atoms with E-state index in [1.54, 1.807) is 41.8 Å². The van der Waals surface area contributed by atoms with E-state index in [-0.39, 0.29) is 16.5 Å². The fourth-order valence-electron chi connectivity index (χ4n) is 2.56. The van der Waals surface area contributed by atoms with E-state index >= 15 is 0 Å². The zero-order valence-corrected chi connectivity index (χ0v) is 16.7. The van der Waals surface area contributed by atoms with Gasteiger partial charge in [0, 0.05) is 11.4 Å². The van der Waals surface area contributed by atoms with Crippen molar-refractivity contribution in [3.63, 3.8) is 0 Å². The number of hydrogen-bond donors (Lipinski definition) is 2. The van der Waals surface area contributed by atoms with Gasteiger partial charge >= 0.3 is 0 Å². The number of nitrogens with one attached hydrogen (secondary N) is 2. The third-order valence-corrected chi connectivity index (χ3v) is 6.78. The Labute approximate surface area is 163 Å². The van der Waals surface area contributed by atoms with Crippen LogP contribution in [-0.2, 0) is 21.2 Å². The van der Waals surface area contributed by atoms with Crippen LogP contribution in [0.3, 0.4) is 0 Å². The maximum absolute atomic E-state index is 12.3. The Hall–Kier alpha value is -2.64. The van der Waals surface area contributed by atoms with Crippen LogP contribution in [0.2, 0.25) is 0 Å². The van der Waals surface area contributed by atoms with Crippen molar-refractivity contribution in [2.75, 3.05) is 10.0 Å². The summed E-state index contributed by atoms with van der Waals surface area (Å²) >= 11 is 1.16. The van der Waals surface area contributed by atoms with Crippen LogP contribution in [-0.4, -0.2) is 14.3 Å². The fraction of sp³-hybridized carbons (Fsp3) is 0.150. The van der Waals surface area contributed by atoms with E-state index in [9.17, 15) is 13.2 Å². The molecule has 0 aliphatic carbocycles. The SMILES string of the molecule is Cc1ccc(C)c(NC(=O)Cc2ccc(NS(=O)(=O)c3cccs3)cc2)c1. The molecule has 0 aliphatic rings. The summed E-state index contributed by atoms with van der Waals surface area (Å²) in [7, 11) is -3.57. The van der Waals surface area contributed by atoms with Crippen molar-refractivity contribution in [1.82, 2.24) is 0 Å². The molecule has 5 nitrogen and oxygen atoms in total. The summed E-state index contributed by atoms with van der Waals surface area (Å²) in [5.74, 6) is -0.115. The van der Waals surface area contributed by atoms with Gasteiger partial charge in [0.1, 0.15) is 4.21 Å². The zero-order valence-electron chi connectivity index (χ0n) is 15.0. The highest BCUT2D eigenvalue weighted by Gasteiger charge is 2.15. The van der Waals surface area contributed by atoms with E-state index in [1.165, 1.54) is 0 Å². The maximum atomic E-state index is 12.3. The molecule has 2 aromatic carbocycles. The molecule has 1 aromatic heterocycles. The van der Waals surface area contributed by atoms with Crippen LogP contribution in [0.15, 0.2) is 64.2 Å². The first-order chi connectivity index (χ1) is 12.8.